The molecule has 0 atom stereocenters. The van der Waals surface area contributed by atoms with Gasteiger partial charge in [-0.15, -0.1) is 0 Å². The molecule has 0 amide bonds. The predicted octanol–water partition coefficient (Wildman–Crippen LogP) is 4.15. The average molecular weight is 316 g/mol. The molecule has 5 nitrogen and oxygen atoms in total. The molecular weight excluding hydrogens is 300 g/mol. The number of nitrogens with zero attached hydrogens (tertiary/aromatic N) is 3. The van der Waals surface area contributed by atoms with E-state index in [0.29, 0.717) is 0 Å². The third kappa shape index (κ3) is 2.56. The van der Waals surface area contributed by atoms with Crippen LogP contribution in [0.4, 0.5) is 11.5 Å². The molecule has 4 aromatic rings. The van der Waals surface area contributed by atoms with Gasteiger partial charge in [-0.25, -0.2) is 4.98 Å². The SMILES string of the molecule is COc1cccc(Nc2ccnc3c(-c4ccccc4)cnn23)c1. The van der Waals surface area contributed by atoms with E-state index in [0.717, 1.165) is 34.0 Å². The summed E-state index contributed by atoms with van der Waals surface area (Å²) in [6.45, 7) is 0. The van der Waals surface area contributed by atoms with Crippen molar-refractivity contribution < 1.29 is 4.74 Å². The number of anilines is 2. The van der Waals surface area contributed by atoms with Crippen molar-refractivity contribution in [2.24, 2.45) is 0 Å². The number of rotatable bonds is 4. The van der Waals surface area contributed by atoms with Gasteiger partial charge in [0.25, 0.3) is 0 Å². The van der Waals surface area contributed by atoms with Crippen LogP contribution in [0.1, 0.15) is 0 Å². The number of aromatic nitrogens is 3. The molecule has 0 radical (unpaired) electrons. The standard InChI is InChI=1S/C19H16N4O/c1-24-16-9-5-8-15(12-16)22-18-10-11-20-19-17(13-21-23(18)19)14-6-3-2-4-7-14/h2-13,22H,1H3. The first-order valence-electron chi connectivity index (χ1n) is 7.64. The molecule has 2 heterocycles. The Hall–Kier alpha value is -3.34. The summed E-state index contributed by atoms with van der Waals surface area (Å²) in [5.74, 6) is 1.64. The molecule has 0 fully saturated rings. The minimum atomic E-state index is 0.802. The van der Waals surface area contributed by atoms with Crippen molar-refractivity contribution in [2.45, 2.75) is 0 Å². The van der Waals surface area contributed by atoms with Crippen LogP contribution in [0.2, 0.25) is 0 Å². The van der Waals surface area contributed by atoms with Crippen molar-refractivity contribution in [2.75, 3.05) is 12.4 Å². The highest BCUT2D eigenvalue weighted by molar-refractivity contribution is 5.78. The number of fused-ring (bicyclic) bond motifs is 1. The fourth-order valence-electron chi connectivity index (χ4n) is 2.66. The molecule has 0 saturated carbocycles. The second-order valence-corrected chi connectivity index (χ2v) is 5.35. The van der Waals surface area contributed by atoms with Crippen LogP contribution in [0.3, 0.4) is 0 Å². The van der Waals surface area contributed by atoms with E-state index < -0.39 is 0 Å². The number of hydrogen-bond acceptors (Lipinski definition) is 4. The maximum Gasteiger partial charge on any atom is 0.165 e. The van der Waals surface area contributed by atoms with Crippen molar-refractivity contribution in [3.05, 3.63) is 73.1 Å². The summed E-state index contributed by atoms with van der Waals surface area (Å²) in [7, 11) is 1.66. The Balaban J connectivity index is 1.76. The van der Waals surface area contributed by atoms with Crippen LogP contribution in [-0.2, 0) is 0 Å². The summed E-state index contributed by atoms with van der Waals surface area (Å²) in [5.41, 5.74) is 3.84. The van der Waals surface area contributed by atoms with Crippen molar-refractivity contribution >= 4 is 17.2 Å². The minimum Gasteiger partial charge on any atom is -0.497 e. The summed E-state index contributed by atoms with van der Waals surface area (Å²) in [4.78, 5) is 4.49. The Morgan fingerprint density at radius 3 is 2.71 bits per heavy atom. The van der Waals surface area contributed by atoms with Gasteiger partial charge in [-0.05, 0) is 23.8 Å². The highest BCUT2D eigenvalue weighted by Gasteiger charge is 2.10. The maximum atomic E-state index is 5.27. The lowest BCUT2D eigenvalue weighted by Crippen LogP contribution is -2.00. The van der Waals surface area contributed by atoms with Crippen LogP contribution < -0.4 is 10.1 Å². The molecule has 0 aliphatic carbocycles. The first kappa shape index (κ1) is 14.3. The van der Waals surface area contributed by atoms with Gasteiger partial charge >= 0.3 is 0 Å². The minimum absolute atomic E-state index is 0.802. The van der Waals surface area contributed by atoms with Crippen molar-refractivity contribution in [3.63, 3.8) is 0 Å². The molecule has 2 aromatic carbocycles. The lowest BCUT2D eigenvalue weighted by molar-refractivity contribution is 0.415. The molecule has 2 aromatic heterocycles. The van der Waals surface area contributed by atoms with E-state index in [1.807, 2.05) is 59.2 Å². The summed E-state index contributed by atoms with van der Waals surface area (Å²) >= 11 is 0. The van der Waals surface area contributed by atoms with Gasteiger partial charge in [-0.2, -0.15) is 9.61 Å². The van der Waals surface area contributed by atoms with Gasteiger partial charge in [0.05, 0.1) is 13.3 Å². The van der Waals surface area contributed by atoms with E-state index in [2.05, 4.69) is 27.5 Å². The van der Waals surface area contributed by atoms with E-state index in [-0.39, 0.29) is 0 Å². The van der Waals surface area contributed by atoms with Crippen LogP contribution in [0, 0.1) is 0 Å². The largest absolute Gasteiger partial charge is 0.497 e. The zero-order chi connectivity index (χ0) is 16.4. The summed E-state index contributed by atoms with van der Waals surface area (Å²) in [6, 6.07) is 19.8. The Kier molecular flexibility index (Phi) is 3.59. The van der Waals surface area contributed by atoms with Crippen LogP contribution in [0.25, 0.3) is 16.8 Å². The summed E-state index contributed by atoms with van der Waals surface area (Å²) in [6.07, 6.45) is 3.63. The van der Waals surface area contributed by atoms with Crippen LogP contribution in [0.15, 0.2) is 73.1 Å². The molecule has 0 aliphatic heterocycles. The molecule has 0 saturated heterocycles. The fourth-order valence-corrected chi connectivity index (χ4v) is 2.66. The summed E-state index contributed by atoms with van der Waals surface area (Å²) in [5, 5.41) is 7.86. The number of methoxy groups -OCH3 is 1. The zero-order valence-electron chi connectivity index (χ0n) is 13.2. The fraction of sp³-hybridized carbons (Fsp3) is 0.0526. The third-order valence-corrected chi connectivity index (χ3v) is 3.83. The van der Waals surface area contributed by atoms with Crippen LogP contribution in [0.5, 0.6) is 5.75 Å². The number of nitrogens with one attached hydrogen (secondary N) is 1. The van der Waals surface area contributed by atoms with Gasteiger partial charge in [0.2, 0.25) is 0 Å². The topological polar surface area (TPSA) is 51.5 Å². The zero-order valence-corrected chi connectivity index (χ0v) is 13.2. The van der Waals surface area contributed by atoms with Crippen molar-refractivity contribution in [1.29, 1.82) is 0 Å². The molecule has 0 aliphatic rings. The van der Waals surface area contributed by atoms with E-state index in [4.69, 9.17) is 4.74 Å². The molecule has 5 heteroatoms. The van der Waals surface area contributed by atoms with Crippen LogP contribution in [-0.4, -0.2) is 21.7 Å². The Labute approximate surface area is 139 Å². The number of ether oxygens (including phenoxy) is 1. The van der Waals surface area contributed by atoms with Gasteiger partial charge in [-0.1, -0.05) is 36.4 Å². The first-order chi connectivity index (χ1) is 11.8. The van der Waals surface area contributed by atoms with Gasteiger partial charge in [0.1, 0.15) is 11.6 Å². The molecule has 1 N–H and O–H groups in total. The summed E-state index contributed by atoms with van der Waals surface area (Å²) < 4.78 is 7.07. The molecule has 4 rings (SSSR count). The highest BCUT2D eigenvalue weighted by atomic mass is 16.5. The van der Waals surface area contributed by atoms with Crippen LogP contribution >= 0.6 is 0 Å². The highest BCUT2D eigenvalue weighted by Crippen LogP contribution is 2.26. The van der Waals surface area contributed by atoms with Crippen molar-refractivity contribution in [1.82, 2.24) is 14.6 Å². The van der Waals surface area contributed by atoms with E-state index >= 15 is 0 Å². The quantitative estimate of drug-likeness (QED) is 0.614. The molecule has 24 heavy (non-hydrogen) atoms. The molecule has 118 valence electrons. The maximum absolute atomic E-state index is 5.27. The monoisotopic (exact) mass is 316 g/mol. The van der Waals surface area contributed by atoms with Gasteiger partial charge < -0.3 is 10.1 Å². The lowest BCUT2D eigenvalue weighted by atomic mass is 10.1. The number of hydrogen-bond donors (Lipinski definition) is 1. The Morgan fingerprint density at radius 2 is 1.88 bits per heavy atom. The Bertz CT molecular complexity index is 979. The third-order valence-electron chi connectivity index (χ3n) is 3.83. The second-order valence-electron chi connectivity index (χ2n) is 5.35. The van der Waals surface area contributed by atoms with Gasteiger partial charge in [0.15, 0.2) is 5.65 Å². The molecule has 0 bridgehead atoms. The van der Waals surface area contributed by atoms with Gasteiger partial charge in [-0.3, -0.25) is 0 Å². The van der Waals surface area contributed by atoms with E-state index in [1.54, 1.807) is 13.3 Å². The predicted molar refractivity (Wildman–Crippen MR) is 94.7 cm³/mol. The van der Waals surface area contributed by atoms with E-state index in [1.165, 1.54) is 0 Å². The second kappa shape index (κ2) is 6.04. The first-order valence-corrected chi connectivity index (χ1v) is 7.64. The lowest BCUT2D eigenvalue weighted by Gasteiger charge is -2.09. The molecule has 0 spiro atoms. The molecule has 0 unspecified atom stereocenters. The van der Waals surface area contributed by atoms with Gasteiger partial charge in [0, 0.05) is 23.5 Å². The smallest absolute Gasteiger partial charge is 0.165 e. The normalized spacial score (nSPS) is 10.7. The van der Waals surface area contributed by atoms with Crippen molar-refractivity contribution in [3.8, 4) is 16.9 Å². The number of benzene rings is 2. The average Bonchev–Trinajstić information content (AvgIpc) is 3.08. The van der Waals surface area contributed by atoms with E-state index in [9.17, 15) is 0 Å². The molecular formula is C19H16N4O. The Morgan fingerprint density at radius 1 is 1.00 bits per heavy atom.